The smallest absolute Gasteiger partial charge is 0.187 e. The zero-order valence-electron chi connectivity index (χ0n) is 14.4. The number of hydrogen-bond donors (Lipinski definition) is 2. The summed E-state index contributed by atoms with van der Waals surface area (Å²) in [7, 11) is 0. The minimum Gasteiger partial charge on any atom is -0.504 e. The molecule has 138 valence electrons. The van der Waals surface area contributed by atoms with Gasteiger partial charge in [0.25, 0.3) is 0 Å². The lowest BCUT2D eigenvalue weighted by atomic mass is 10.1. The molecule has 1 aliphatic heterocycles. The van der Waals surface area contributed by atoms with Crippen molar-refractivity contribution < 1.29 is 23.8 Å². The van der Waals surface area contributed by atoms with Crippen molar-refractivity contribution in [3.63, 3.8) is 0 Å². The van der Waals surface area contributed by atoms with Crippen LogP contribution in [-0.4, -0.2) is 36.8 Å². The van der Waals surface area contributed by atoms with Gasteiger partial charge in [0.15, 0.2) is 35.6 Å². The Kier molecular flexibility index (Phi) is 5.39. The van der Waals surface area contributed by atoms with Crippen LogP contribution < -0.4 is 15.4 Å². The lowest BCUT2D eigenvalue weighted by molar-refractivity contribution is -0.117. The van der Waals surface area contributed by atoms with Crippen molar-refractivity contribution in [2.24, 2.45) is 5.73 Å². The van der Waals surface area contributed by atoms with E-state index in [1.54, 1.807) is 23.1 Å². The second-order valence-corrected chi connectivity index (χ2v) is 6.05. The summed E-state index contributed by atoms with van der Waals surface area (Å²) in [6.45, 7) is 2.65. The van der Waals surface area contributed by atoms with Gasteiger partial charge in [-0.15, -0.1) is 0 Å². The molecule has 2 aromatic carbocycles. The number of carbonyl (C=O) groups is 1. The third kappa shape index (κ3) is 3.63. The third-order valence-corrected chi connectivity index (χ3v) is 4.32. The fourth-order valence-corrected chi connectivity index (χ4v) is 2.86. The molecule has 26 heavy (non-hydrogen) atoms. The number of anilines is 1. The van der Waals surface area contributed by atoms with Crippen molar-refractivity contribution >= 4 is 12.0 Å². The quantitative estimate of drug-likeness (QED) is 0.770. The van der Waals surface area contributed by atoms with Crippen molar-refractivity contribution in [2.45, 2.75) is 25.7 Å². The molecule has 1 heterocycles. The maximum absolute atomic E-state index is 14.5. The molecule has 3 rings (SSSR count). The highest BCUT2D eigenvalue weighted by atomic mass is 19.1. The molecule has 0 saturated carbocycles. The van der Waals surface area contributed by atoms with Crippen molar-refractivity contribution in [3.05, 3.63) is 47.8 Å². The van der Waals surface area contributed by atoms with Crippen molar-refractivity contribution in [1.29, 1.82) is 0 Å². The second kappa shape index (κ2) is 7.72. The Morgan fingerprint density at radius 1 is 1.35 bits per heavy atom. The molecule has 1 fully saturated rings. The summed E-state index contributed by atoms with van der Waals surface area (Å²) in [5.74, 6) is -0.506. The van der Waals surface area contributed by atoms with Crippen LogP contribution in [0.2, 0.25) is 0 Å². The SMILES string of the molecule is CCc1ccc(Oc2ccc(N3CC(CN)OC3C=O)cc2F)c(O)c1. The van der Waals surface area contributed by atoms with Gasteiger partial charge in [0.2, 0.25) is 0 Å². The molecular formula is C19H21FN2O4. The predicted octanol–water partition coefficient (Wildman–Crippen LogP) is 2.57. The Morgan fingerprint density at radius 2 is 2.12 bits per heavy atom. The van der Waals surface area contributed by atoms with Crippen LogP contribution in [0.1, 0.15) is 12.5 Å². The average molecular weight is 360 g/mol. The summed E-state index contributed by atoms with van der Waals surface area (Å²) < 4.78 is 25.5. The third-order valence-electron chi connectivity index (χ3n) is 4.32. The highest BCUT2D eigenvalue weighted by Gasteiger charge is 2.32. The number of ether oxygens (including phenoxy) is 2. The second-order valence-electron chi connectivity index (χ2n) is 6.05. The standard InChI is InChI=1S/C19H21FN2O4/c1-2-12-3-5-18(16(24)7-12)26-17-6-4-13(8-15(17)20)22-10-14(9-21)25-19(22)11-23/h3-8,11,14,19,24H,2,9-10,21H2,1H3. The number of rotatable bonds is 6. The highest BCUT2D eigenvalue weighted by Crippen LogP contribution is 2.35. The number of nitrogens with zero attached hydrogens (tertiary/aromatic N) is 1. The Morgan fingerprint density at radius 3 is 2.73 bits per heavy atom. The largest absolute Gasteiger partial charge is 0.504 e. The summed E-state index contributed by atoms with van der Waals surface area (Å²) in [6, 6.07) is 9.36. The molecular weight excluding hydrogens is 339 g/mol. The van der Waals surface area contributed by atoms with E-state index < -0.39 is 12.0 Å². The normalized spacial score (nSPS) is 19.6. The molecule has 0 amide bonds. The van der Waals surface area contributed by atoms with E-state index in [9.17, 15) is 14.3 Å². The summed E-state index contributed by atoms with van der Waals surface area (Å²) >= 11 is 0. The molecule has 2 unspecified atom stereocenters. The number of phenolic OH excluding ortho intramolecular Hbond substituents is 1. The van der Waals surface area contributed by atoms with Crippen molar-refractivity contribution in [3.8, 4) is 17.2 Å². The molecule has 1 saturated heterocycles. The molecule has 0 spiro atoms. The zero-order valence-corrected chi connectivity index (χ0v) is 14.4. The first-order valence-electron chi connectivity index (χ1n) is 8.42. The van der Waals surface area contributed by atoms with Crippen LogP contribution in [0.4, 0.5) is 10.1 Å². The number of benzene rings is 2. The summed E-state index contributed by atoms with van der Waals surface area (Å²) in [5.41, 5.74) is 7.03. The number of aldehydes is 1. The van der Waals surface area contributed by atoms with Crippen LogP contribution in [0.25, 0.3) is 0 Å². The van der Waals surface area contributed by atoms with Gasteiger partial charge < -0.3 is 25.2 Å². The molecule has 3 N–H and O–H groups in total. The first kappa shape index (κ1) is 18.2. The Labute approximate surface area is 150 Å². The van der Waals surface area contributed by atoms with Crippen molar-refractivity contribution in [1.82, 2.24) is 0 Å². The van der Waals surface area contributed by atoms with Gasteiger partial charge in [0.1, 0.15) is 0 Å². The van der Waals surface area contributed by atoms with Crippen LogP contribution in [0, 0.1) is 5.82 Å². The fraction of sp³-hybridized carbons (Fsp3) is 0.316. The number of hydrogen-bond acceptors (Lipinski definition) is 6. The number of nitrogens with two attached hydrogens (primary N) is 1. The van der Waals surface area contributed by atoms with Crippen LogP contribution >= 0.6 is 0 Å². The monoisotopic (exact) mass is 360 g/mol. The van der Waals surface area contributed by atoms with Gasteiger partial charge in [-0.1, -0.05) is 13.0 Å². The number of carbonyl (C=O) groups excluding carboxylic acids is 1. The lowest BCUT2D eigenvalue weighted by Crippen LogP contribution is -2.31. The topological polar surface area (TPSA) is 85.0 Å². The van der Waals surface area contributed by atoms with E-state index in [-0.39, 0.29) is 29.9 Å². The first-order valence-corrected chi connectivity index (χ1v) is 8.42. The number of aromatic hydroxyl groups is 1. The van der Waals surface area contributed by atoms with E-state index in [0.717, 1.165) is 12.0 Å². The molecule has 0 aromatic heterocycles. The van der Waals surface area contributed by atoms with Gasteiger partial charge in [0.05, 0.1) is 6.10 Å². The Hall–Kier alpha value is -2.64. The van der Waals surface area contributed by atoms with E-state index >= 15 is 0 Å². The Balaban J connectivity index is 1.81. The molecule has 2 aromatic rings. The van der Waals surface area contributed by atoms with Crippen LogP contribution in [0.5, 0.6) is 17.2 Å². The molecule has 2 atom stereocenters. The molecule has 6 nitrogen and oxygen atoms in total. The zero-order chi connectivity index (χ0) is 18.7. The number of aryl methyl sites for hydroxylation is 1. The molecule has 7 heteroatoms. The van der Waals surface area contributed by atoms with E-state index in [4.69, 9.17) is 15.2 Å². The minimum absolute atomic E-state index is 0.0218. The Bertz CT molecular complexity index is 799. The van der Waals surface area contributed by atoms with E-state index in [1.807, 2.05) is 13.0 Å². The number of phenols is 1. The lowest BCUT2D eigenvalue weighted by Gasteiger charge is -2.21. The minimum atomic E-state index is -0.791. The summed E-state index contributed by atoms with van der Waals surface area (Å²) in [4.78, 5) is 12.8. The maximum atomic E-state index is 14.5. The predicted molar refractivity (Wildman–Crippen MR) is 95.1 cm³/mol. The summed E-state index contributed by atoms with van der Waals surface area (Å²) in [5, 5.41) is 10.0. The fourth-order valence-electron chi connectivity index (χ4n) is 2.86. The highest BCUT2D eigenvalue weighted by molar-refractivity contribution is 5.66. The van der Waals surface area contributed by atoms with Crippen molar-refractivity contribution in [2.75, 3.05) is 18.0 Å². The molecule has 1 aliphatic rings. The van der Waals surface area contributed by atoms with Gasteiger partial charge in [-0.3, -0.25) is 4.79 Å². The van der Waals surface area contributed by atoms with Crippen LogP contribution in [-0.2, 0) is 16.0 Å². The van der Waals surface area contributed by atoms with Gasteiger partial charge in [0, 0.05) is 24.8 Å². The van der Waals surface area contributed by atoms with Crippen LogP contribution in [0.3, 0.4) is 0 Å². The number of halogens is 1. The molecule has 0 bridgehead atoms. The van der Waals surface area contributed by atoms with E-state index in [1.165, 1.54) is 12.1 Å². The van der Waals surface area contributed by atoms with Crippen LogP contribution in [0.15, 0.2) is 36.4 Å². The summed E-state index contributed by atoms with van der Waals surface area (Å²) in [6.07, 6.45) is 0.362. The van der Waals surface area contributed by atoms with Gasteiger partial charge >= 0.3 is 0 Å². The van der Waals surface area contributed by atoms with Gasteiger partial charge in [-0.2, -0.15) is 0 Å². The molecule has 0 radical (unpaired) electrons. The molecule has 0 aliphatic carbocycles. The first-order chi connectivity index (χ1) is 12.5. The van der Waals surface area contributed by atoms with Gasteiger partial charge in [-0.05, 0) is 36.2 Å². The average Bonchev–Trinajstić information content (AvgIpc) is 3.08. The maximum Gasteiger partial charge on any atom is 0.187 e. The van der Waals surface area contributed by atoms with E-state index in [0.29, 0.717) is 18.5 Å². The van der Waals surface area contributed by atoms with E-state index in [2.05, 4.69) is 0 Å². The van der Waals surface area contributed by atoms with Gasteiger partial charge in [-0.25, -0.2) is 4.39 Å².